The number of benzene rings is 1. The van der Waals surface area contributed by atoms with E-state index >= 15 is 0 Å². The van der Waals surface area contributed by atoms with Gasteiger partial charge in [-0.05, 0) is 57.0 Å². The number of aliphatic hydroxyl groups excluding tert-OH is 1. The monoisotopic (exact) mass is 454 g/mol. The van der Waals surface area contributed by atoms with E-state index in [1.54, 1.807) is 20.8 Å². The van der Waals surface area contributed by atoms with Crippen molar-refractivity contribution in [3.63, 3.8) is 0 Å². The summed E-state index contributed by atoms with van der Waals surface area (Å²) < 4.78 is 59.8. The molecule has 10 heteroatoms. The Kier molecular flexibility index (Phi) is 6.33. The van der Waals surface area contributed by atoms with Crippen molar-refractivity contribution in [1.29, 1.82) is 0 Å². The first-order chi connectivity index (χ1) is 14.4. The number of aromatic nitrogens is 1. The zero-order valence-electron chi connectivity index (χ0n) is 17.4. The van der Waals surface area contributed by atoms with Crippen LogP contribution in [0.2, 0.25) is 0 Å². The molecule has 1 aromatic carbocycles. The van der Waals surface area contributed by atoms with Crippen molar-refractivity contribution in [2.45, 2.75) is 44.1 Å². The highest BCUT2D eigenvalue weighted by molar-refractivity contribution is 7.92. The first-order valence-corrected chi connectivity index (χ1v) is 11.1. The molecular formula is C21H24F2N2O5S. The molecule has 1 aromatic heterocycles. The predicted molar refractivity (Wildman–Crippen MR) is 109 cm³/mol. The SMILES string of the molecule is CC(C)(C)OC(=O)Cc1cnc2c(c1)N(S(=O)(=O)c1ccc(F)c(F)c1)CC(CO)C2. The van der Waals surface area contributed by atoms with Crippen LogP contribution in [0, 0.1) is 17.6 Å². The summed E-state index contributed by atoms with van der Waals surface area (Å²) in [4.78, 5) is 16.0. The summed E-state index contributed by atoms with van der Waals surface area (Å²) in [6.45, 7) is 4.87. The average Bonchev–Trinajstić information content (AvgIpc) is 2.67. The Hall–Kier alpha value is -2.59. The Bertz CT molecular complexity index is 1100. The van der Waals surface area contributed by atoms with Crippen molar-refractivity contribution in [3.8, 4) is 0 Å². The van der Waals surface area contributed by atoms with Crippen molar-refractivity contribution >= 4 is 21.7 Å². The first-order valence-electron chi connectivity index (χ1n) is 9.69. The number of carbonyl (C=O) groups excluding carboxylic acids is 1. The fourth-order valence-electron chi connectivity index (χ4n) is 3.32. The lowest BCUT2D eigenvalue weighted by atomic mass is 9.97. The molecule has 2 heterocycles. The van der Waals surface area contributed by atoms with Gasteiger partial charge in [0.1, 0.15) is 5.60 Å². The minimum atomic E-state index is -4.27. The van der Waals surface area contributed by atoms with Crippen LogP contribution in [0.4, 0.5) is 14.5 Å². The Balaban J connectivity index is 2.00. The smallest absolute Gasteiger partial charge is 0.310 e. The van der Waals surface area contributed by atoms with E-state index in [9.17, 15) is 27.1 Å². The number of sulfonamides is 1. The van der Waals surface area contributed by atoms with Gasteiger partial charge in [-0.25, -0.2) is 17.2 Å². The van der Waals surface area contributed by atoms with Crippen LogP contribution in [0.3, 0.4) is 0 Å². The molecule has 1 aliphatic heterocycles. The third kappa shape index (κ3) is 5.19. The van der Waals surface area contributed by atoms with E-state index in [1.165, 1.54) is 12.3 Å². The molecule has 1 unspecified atom stereocenters. The number of rotatable bonds is 5. The van der Waals surface area contributed by atoms with Gasteiger partial charge >= 0.3 is 5.97 Å². The summed E-state index contributed by atoms with van der Waals surface area (Å²) in [6, 6.07) is 3.86. The van der Waals surface area contributed by atoms with E-state index in [1.807, 2.05) is 0 Å². The normalized spacial score (nSPS) is 16.7. The Morgan fingerprint density at radius 3 is 2.58 bits per heavy atom. The van der Waals surface area contributed by atoms with Crippen LogP contribution in [0.1, 0.15) is 32.0 Å². The minimum Gasteiger partial charge on any atom is -0.460 e. The zero-order valence-corrected chi connectivity index (χ0v) is 18.2. The van der Waals surface area contributed by atoms with E-state index in [0.29, 0.717) is 23.7 Å². The highest BCUT2D eigenvalue weighted by Gasteiger charge is 2.34. The molecule has 31 heavy (non-hydrogen) atoms. The molecule has 1 atom stereocenters. The number of fused-ring (bicyclic) bond motifs is 1. The molecule has 0 aliphatic carbocycles. The third-order valence-corrected chi connectivity index (χ3v) is 6.46. The maximum atomic E-state index is 13.7. The lowest BCUT2D eigenvalue weighted by Gasteiger charge is -2.34. The molecule has 168 valence electrons. The van der Waals surface area contributed by atoms with Crippen molar-refractivity contribution in [2.24, 2.45) is 5.92 Å². The second-order valence-corrected chi connectivity index (χ2v) is 10.3. The highest BCUT2D eigenvalue weighted by atomic mass is 32.2. The number of nitrogens with zero attached hydrogens (tertiary/aromatic N) is 2. The molecule has 0 bridgehead atoms. The number of carbonyl (C=O) groups is 1. The van der Waals surface area contributed by atoms with Gasteiger partial charge in [-0.1, -0.05) is 0 Å². The molecule has 2 aromatic rings. The minimum absolute atomic E-state index is 0.0671. The highest BCUT2D eigenvalue weighted by Crippen LogP contribution is 2.34. The summed E-state index contributed by atoms with van der Waals surface area (Å²) >= 11 is 0. The second-order valence-electron chi connectivity index (χ2n) is 8.44. The van der Waals surface area contributed by atoms with Crippen molar-refractivity contribution in [2.75, 3.05) is 17.5 Å². The van der Waals surface area contributed by atoms with Crippen molar-refractivity contribution in [3.05, 3.63) is 53.4 Å². The molecule has 0 fully saturated rings. The summed E-state index contributed by atoms with van der Waals surface area (Å²) in [6.07, 6.45) is 1.69. The Labute approximate surface area is 179 Å². The van der Waals surface area contributed by atoms with Crippen LogP contribution in [0.25, 0.3) is 0 Å². The first kappa shape index (κ1) is 23.1. The van der Waals surface area contributed by atoms with E-state index in [0.717, 1.165) is 16.4 Å². The average molecular weight is 454 g/mol. The van der Waals surface area contributed by atoms with Crippen molar-refractivity contribution < 1.29 is 31.8 Å². The summed E-state index contributed by atoms with van der Waals surface area (Å²) in [5.41, 5.74) is 0.426. The molecule has 0 spiro atoms. The van der Waals surface area contributed by atoms with E-state index in [-0.39, 0.29) is 25.3 Å². The fourth-order valence-corrected chi connectivity index (χ4v) is 4.89. The van der Waals surface area contributed by atoms with Crippen LogP contribution in [0.5, 0.6) is 0 Å². The van der Waals surface area contributed by atoms with Crippen LogP contribution >= 0.6 is 0 Å². The maximum absolute atomic E-state index is 13.7. The van der Waals surface area contributed by atoms with Gasteiger partial charge in [-0.2, -0.15) is 0 Å². The van der Waals surface area contributed by atoms with E-state index in [2.05, 4.69) is 4.98 Å². The quantitative estimate of drug-likeness (QED) is 0.698. The van der Waals surface area contributed by atoms with Gasteiger partial charge in [0.15, 0.2) is 11.6 Å². The number of aliphatic hydroxyl groups is 1. The van der Waals surface area contributed by atoms with Gasteiger partial charge < -0.3 is 9.84 Å². The number of anilines is 1. The van der Waals surface area contributed by atoms with Crippen LogP contribution in [0.15, 0.2) is 35.4 Å². The van der Waals surface area contributed by atoms with Gasteiger partial charge in [0.05, 0.1) is 22.7 Å². The standard InChI is InChI=1S/C21H24F2N2O5S/c1-21(2,3)30-20(27)8-13-7-19-18(24-10-13)6-14(12-26)11-25(19)31(28,29)15-4-5-16(22)17(23)9-15/h4-5,7,9-10,14,26H,6,8,11-12H2,1-3H3. The van der Waals surface area contributed by atoms with Crippen LogP contribution < -0.4 is 4.31 Å². The number of hydrogen-bond acceptors (Lipinski definition) is 6. The van der Waals surface area contributed by atoms with Gasteiger partial charge in [0, 0.05) is 25.3 Å². The lowest BCUT2D eigenvalue weighted by molar-refractivity contribution is -0.153. The van der Waals surface area contributed by atoms with E-state index in [4.69, 9.17) is 4.74 Å². The number of hydrogen-bond donors (Lipinski definition) is 1. The molecule has 0 amide bonds. The van der Waals surface area contributed by atoms with Gasteiger partial charge in [0.2, 0.25) is 0 Å². The molecule has 3 rings (SSSR count). The largest absolute Gasteiger partial charge is 0.460 e. The number of esters is 1. The van der Waals surface area contributed by atoms with Crippen LogP contribution in [-0.4, -0.2) is 43.2 Å². The summed E-state index contributed by atoms with van der Waals surface area (Å²) in [5, 5.41) is 9.61. The van der Waals surface area contributed by atoms with Gasteiger partial charge in [-0.3, -0.25) is 14.1 Å². The molecule has 7 nitrogen and oxygen atoms in total. The predicted octanol–water partition coefficient (Wildman–Crippen LogP) is 2.60. The molecular weight excluding hydrogens is 430 g/mol. The number of ether oxygens (including phenoxy) is 1. The second kappa shape index (κ2) is 8.51. The van der Waals surface area contributed by atoms with Gasteiger partial charge in [-0.15, -0.1) is 0 Å². The molecule has 0 saturated carbocycles. The van der Waals surface area contributed by atoms with Crippen LogP contribution in [-0.2, 0) is 32.4 Å². The number of halogens is 2. The topological polar surface area (TPSA) is 96.8 Å². The Morgan fingerprint density at radius 2 is 1.97 bits per heavy atom. The Morgan fingerprint density at radius 1 is 1.26 bits per heavy atom. The zero-order chi connectivity index (χ0) is 23.0. The van der Waals surface area contributed by atoms with Crippen molar-refractivity contribution in [1.82, 2.24) is 4.98 Å². The summed E-state index contributed by atoms with van der Waals surface area (Å²) in [7, 11) is -4.27. The summed E-state index contributed by atoms with van der Waals surface area (Å²) in [5.74, 6) is -3.36. The van der Waals surface area contributed by atoms with E-state index < -0.39 is 44.0 Å². The molecule has 0 saturated heterocycles. The fraction of sp³-hybridized carbons (Fsp3) is 0.429. The number of pyridine rings is 1. The molecule has 0 radical (unpaired) electrons. The lowest BCUT2D eigenvalue weighted by Crippen LogP contribution is -2.41. The molecule has 1 aliphatic rings. The maximum Gasteiger partial charge on any atom is 0.310 e. The van der Waals surface area contributed by atoms with Gasteiger partial charge in [0.25, 0.3) is 10.0 Å². The third-order valence-electron chi connectivity index (χ3n) is 4.68. The molecule has 1 N–H and O–H groups in total.